The lowest BCUT2D eigenvalue weighted by molar-refractivity contribution is -0.0981. The zero-order valence-electron chi connectivity index (χ0n) is 14.3. The molecule has 0 aliphatic carbocycles. The molecule has 1 heterocycles. The normalized spacial score (nSPS) is 19.5. The molecule has 0 amide bonds. The quantitative estimate of drug-likeness (QED) is 0.761. The summed E-state index contributed by atoms with van der Waals surface area (Å²) in [5, 5.41) is 0. The number of rotatable bonds is 7. The predicted octanol–water partition coefficient (Wildman–Crippen LogP) is 2.68. The number of hydrogen-bond acceptors (Lipinski definition) is 5. The fourth-order valence-corrected chi connectivity index (χ4v) is 3.75. The Morgan fingerprint density at radius 1 is 1.22 bits per heavy atom. The minimum Gasteiger partial charge on any atom is -0.464 e. The monoisotopic (exact) mass is 343 g/mol. The highest BCUT2D eigenvalue weighted by Gasteiger charge is 2.42. The van der Waals surface area contributed by atoms with E-state index >= 15 is 0 Å². The van der Waals surface area contributed by atoms with Gasteiger partial charge in [-0.3, -0.25) is 0 Å². The maximum absolute atomic E-state index is 12.2. The molecule has 1 aliphatic heterocycles. The molecule has 0 fully saturated rings. The van der Waals surface area contributed by atoms with Gasteiger partial charge in [0.05, 0.1) is 5.41 Å². The van der Waals surface area contributed by atoms with Crippen LogP contribution in [0.3, 0.4) is 0 Å². The molecule has 1 aromatic rings. The maximum Gasteiger partial charge on any atom is 0.385 e. The average Bonchev–Trinajstić information content (AvgIpc) is 2.72. The van der Waals surface area contributed by atoms with Gasteiger partial charge in [0, 0.05) is 25.3 Å². The summed E-state index contributed by atoms with van der Waals surface area (Å²) in [5.41, 5.74) is 0.493. The van der Waals surface area contributed by atoms with E-state index in [0.29, 0.717) is 25.4 Å². The van der Waals surface area contributed by atoms with E-state index in [1.54, 1.807) is 32.0 Å². The molecule has 0 aromatic heterocycles. The topological polar surface area (TPSA) is 65.1 Å². The molecule has 0 saturated heterocycles. The van der Waals surface area contributed by atoms with Crippen molar-refractivity contribution in [1.29, 1.82) is 0 Å². The van der Waals surface area contributed by atoms with Gasteiger partial charge in [0.15, 0.2) is 0 Å². The maximum atomic E-state index is 12.2. The van der Waals surface area contributed by atoms with Crippen LogP contribution in [0.1, 0.15) is 40.2 Å². The number of ether oxygens (including phenoxy) is 2. The highest BCUT2D eigenvalue weighted by Crippen LogP contribution is 2.44. The minimum atomic E-state index is -3.79. The van der Waals surface area contributed by atoms with Crippen LogP contribution in [-0.4, -0.2) is 38.7 Å². The van der Waals surface area contributed by atoms with Crippen molar-refractivity contribution in [2.75, 3.05) is 19.7 Å². The Morgan fingerprint density at radius 3 is 2.43 bits per heavy atom. The van der Waals surface area contributed by atoms with E-state index < -0.39 is 16.6 Å². The lowest BCUT2D eigenvalue weighted by Gasteiger charge is -2.25. The van der Waals surface area contributed by atoms with Crippen molar-refractivity contribution in [2.24, 2.45) is 0 Å². The Balaban J connectivity index is 2.29. The van der Waals surface area contributed by atoms with Crippen molar-refractivity contribution in [3.8, 4) is 11.5 Å². The first kappa shape index (κ1) is 18.0. The number of benzene rings is 1. The van der Waals surface area contributed by atoms with Gasteiger partial charge in [-0.05, 0) is 39.0 Å². The molecule has 6 nitrogen and oxygen atoms in total. The van der Waals surface area contributed by atoms with Crippen molar-refractivity contribution in [2.45, 2.75) is 46.3 Å². The molecular formula is C16H25NO5S. The van der Waals surface area contributed by atoms with E-state index in [4.69, 9.17) is 13.7 Å². The standard InChI is InChI=1S/C16H25NO5S/c1-6-17(7-2)23(18,19)22-12-9-10-14-13(11-12)16(4,5)15(21-14)20-8-3/h9-11,15H,6-8H2,1-5H3. The average molecular weight is 343 g/mol. The lowest BCUT2D eigenvalue weighted by atomic mass is 9.85. The molecule has 7 heteroatoms. The Labute approximate surface area is 138 Å². The summed E-state index contributed by atoms with van der Waals surface area (Å²) in [4.78, 5) is 0. The van der Waals surface area contributed by atoms with Gasteiger partial charge in [-0.15, -0.1) is 0 Å². The summed E-state index contributed by atoms with van der Waals surface area (Å²) in [6, 6.07) is 5.04. The highest BCUT2D eigenvalue weighted by atomic mass is 32.2. The lowest BCUT2D eigenvalue weighted by Crippen LogP contribution is -2.35. The summed E-state index contributed by atoms with van der Waals surface area (Å²) < 4.78 is 42.4. The van der Waals surface area contributed by atoms with E-state index in [1.807, 2.05) is 20.8 Å². The Morgan fingerprint density at radius 2 is 1.87 bits per heavy atom. The van der Waals surface area contributed by atoms with Crippen molar-refractivity contribution in [1.82, 2.24) is 4.31 Å². The first-order valence-corrected chi connectivity index (χ1v) is 9.25. The predicted molar refractivity (Wildman–Crippen MR) is 88.0 cm³/mol. The molecule has 1 aromatic carbocycles. The van der Waals surface area contributed by atoms with E-state index in [0.717, 1.165) is 5.56 Å². The molecule has 1 unspecified atom stereocenters. The van der Waals surface area contributed by atoms with Crippen LogP contribution in [0.4, 0.5) is 0 Å². The second kappa shape index (κ2) is 6.67. The first-order chi connectivity index (χ1) is 10.8. The van der Waals surface area contributed by atoms with Crippen LogP contribution in [0.2, 0.25) is 0 Å². The number of fused-ring (bicyclic) bond motifs is 1. The van der Waals surface area contributed by atoms with Crippen LogP contribution in [0.15, 0.2) is 18.2 Å². The molecule has 2 rings (SSSR count). The second-order valence-electron chi connectivity index (χ2n) is 5.91. The molecule has 0 saturated carbocycles. The number of nitrogens with zero attached hydrogens (tertiary/aromatic N) is 1. The third-order valence-electron chi connectivity index (χ3n) is 4.01. The van der Waals surface area contributed by atoms with Crippen LogP contribution in [0.25, 0.3) is 0 Å². The molecule has 0 N–H and O–H groups in total. The molecule has 0 spiro atoms. The zero-order chi connectivity index (χ0) is 17.3. The third-order valence-corrected chi connectivity index (χ3v) is 5.56. The Bertz CT molecular complexity index is 652. The van der Waals surface area contributed by atoms with Gasteiger partial charge in [-0.25, -0.2) is 0 Å². The summed E-state index contributed by atoms with van der Waals surface area (Å²) in [6.45, 7) is 10.7. The fraction of sp³-hybridized carbons (Fsp3) is 0.625. The SMILES string of the molecule is CCOC1Oc2ccc(OS(=O)(=O)N(CC)CC)cc2C1(C)C. The molecule has 1 atom stereocenters. The molecule has 130 valence electrons. The van der Waals surface area contributed by atoms with Crippen LogP contribution in [0.5, 0.6) is 11.5 Å². The molecular weight excluding hydrogens is 318 g/mol. The molecule has 23 heavy (non-hydrogen) atoms. The third kappa shape index (κ3) is 3.46. The molecule has 0 bridgehead atoms. The van der Waals surface area contributed by atoms with E-state index in [9.17, 15) is 8.42 Å². The van der Waals surface area contributed by atoms with Gasteiger partial charge < -0.3 is 13.7 Å². The zero-order valence-corrected chi connectivity index (χ0v) is 15.1. The highest BCUT2D eigenvalue weighted by molar-refractivity contribution is 7.84. The summed E-state index contributed by atoms with van der Waals surface area (Å²) in [5.74, 6) is 0.977. The minimum absolute atomic E-state index is 0.282. The Kier molecular flexibility index (Phi) is 5.23. The van der Waals surface area contributed by atoms with Crippen LogP contribution in [-0.2, 0) is 20.5 Å². The van der Waals surface area contributed by atoms with E-state index in [1.165, 1.54) is 4.31 Å². The molecule has 0 radical (unpaired) electrons. The van der Waals surface area contributed by atoms with Crippen molar-refractivity contribution >= 4 is 10.3 Å². The summed E-state index contributed by atoms with van der Waals surface area (Å²) in [6.07, 6.45) is -0.392. The van der Waals surface area contributed by atoms with Gasteiger partial charge in [-0.2, -0.15) is 12.7 Å². The van der Waals surface area contributed by atoms with Crippen LogP contribution >= 0.6 is 0 Å². The Hall–Kier alpha value is -1.31. The van der Waals surface area contributed by atoms with Crippen molar-refractivity contribution in [3.05, 3.63) is 23.8 Å². The van der Waals surface area contributed by atoms with Crippen LogP contribution < -0.4 is 8.92 Å². The van der Waals surface area contributed by atoms with Gasteiger partial charge in [0.2, 0.25) is 6.29 Å². The van der Waals surface area contributed by atoms with Crippen LogP contribution in [0, 0.1) is 0 Å². The van der Waals surface area contributed by atoms with Gasteiger partial charge in [-0.1, -0.05) is 13.8 Å². The number of hydrogen-bond donors (Lipinski definition) is 0. The second-order valence-corrected chi connectivity index (χ2v) is 7.45. The van der Waals surface area contributed by atoms with Crippen molar-refractivity contribution in [3.63, 3.8) is 0 Å². The smallest absolute Gasteiger partial charge is 0.385 e. The fourth-order valence-electron chi connectivity index (χ4n) is 2.66. The first-order valence-electron chi connectivity index (χ1n) is 7.88. The summed E-state index contributed by atoms with van der Waals surface area (Å²) >= 11 is 0. The molecule has 1 aliphatic rings. The largest absolute Gasteiger partial charge is 0.464 e. The van der Waals surface area contributed by atoms with Gasteiger partial charge in [0.1, 0.15) is 11.5 Å². The van der Waals surface area contributed by atoms with E-state index in [2.05, 4.69) is 0 Å². The summed E-state index contributed by atoms with van der Waals surface area (Å²) in [7, 11) is -3.79. The van der Waals surface area contributed by atoms with Gasteiger partial charge >= 0.3 is 10.3 Å². The van der Waals surface area contributed by atoms with Gasteiger partial charge in [0.25, 0.3) is 0 Å². The van der Waals surface area contributed by atoms with E-state index in [-0.39, 0.29) is 11.2 Å². The van der Waals surface area contributed by atoms with Crippen molar-refractivity contribution < 1.29 is 22.1 Å².